The predicted octanol–water partition coefficient (Wildman–Crippen LogP) is 2.17. The molecule has 0 unspecified atom stereocenters. The summed E-state index contributed by atoms with van der Waals surface area (Å²) in [4.78, 5) is 0. The topological polar surface area (TPSA) is 55.4 Å². The van der Waals surface area contributed by atoms with Gasteiger partial charge < -0.3 is 27.9 Å². The van der Waals surface area contributed by atoms with Gasteiger partial charge in [0.15, 0.2) is 0 Å². The van der Waals surface area contributed by atoms with Gasteiger partial charge in [0.1, 0.15) is 0 Å². The minimum absolute atomic E-state index is 0.907. The summed E-state index contributed by atoms with van der Waals surface area (Å²) in [6.45, 7) is 0. The summed E-state index contributed by atoms with van der Waals surface area (Å²) in [5.74, 6) is 0. The lowest BCUT2D eigenvalue weighted by Crippen LogP contribution is -2.21. The molecule has 2 bridgehead atoms. The van der Waals surface area contributed by atoms with Crippen molar-refractivity contribution in [3.05, 3.63) is 74.0 Å². The molecule has 0 radical (unpaired) electrons. The second-order valence-electron chi connectivity index (χ2n) is 3.37. The van der Waals surface area contributed by atoms with Gasteiger partial charge in [0.05, 0.1) is 37.6 Å². The molecule has 0 aliphatic carbocycles. The highest BCUT2D eigenvalue weighted by molar-refractivity contribution is 6.37. The van der Waals surface area contributed by atoms with Crippen LogP contribution in [0.1, 0.15) is 0 Å². The van der Waals surface area contributed by atoms with E-state index in [0.29, 0.717) is 0 Å². The molecule has 0 atom stereocenters. The van der Waals surface area contributed by atoms with Gasteiger partial charge in [-0.05, 0) is 36.5 Å². The lowest BCUT2D eigenvalue weighted by atomic mass is 10.2. The van der Waals surface area contributed by atoms with Crippen molar-refractivity contribution in [3.8, 4) is 0 Å². The van der Waals surface area contributed by atoms with E-state index in [1.807, 2.05) is 0 Å². The first kappa shape index (κ1) is 13.8. The summed E-state index contributed by atoms with van der Waals surface area (Å²) in [5.41, 5.74) is 0. The zero-order chi connectivity index (χ0) is 13.9. The zero-order valence-electron chi connectivity index (χ0n) is 10.5. The molecule has 102 valence electrons. The zero-order valence-corrected chi connectivity index (χ0v) is 10.5. The van der Waals surface area contributed by atoms with Crippen molar-refractivity contribution in [1.82, 2.24) is 0 Å². The van der Waals surface area contributed by atoms with Gasteiger partial charge >= 0.3 is 14.6 Å². The van der Waals surface area contributed by atoms with E-state index >= 15 is 0 Å². The van der Waals surface area contributed by atoms with E-state index in [9.17, 15) is 0 Å². The third-order valence-electron chi connectivity index (χ3n) is 1.94. The SMILES string of the molecule is C1=COB2O/C=C\C=C/OB(OC=C1)O/C=C/C=C/O2. The molecule has 0 aromatic carbocycles. The van der Waals surface area contributed by atoms with Gasteiger partial charge in [-0.25, -0.2) is 0 Å². The van der Waals surface area contributed by atoms with Crippen molar-refractivity contribution in [1.29, 1.82) is 0 Å². The summed E-state index contributed by atoms with van der Waals surface area (Å²) in [6.07, 6.45) is 18.1. The molecule has 3 aliphatic rings. The Morgan fingerprint density at radius 2 is 0.550 bits per heavy atom. The summed E-state index contributed by atoms with van der Waals surface area (Å²) >= 11 is 0. The largest absolute Gasteiger partial charge is 0.862 e. The number of allylic oxidation sites excluding steroid dienone is 6. The number of hydrogen-bond donors (Lipinski definition) is 0. The molecule has 3 heterocycles. The molecular weight excluding hydrogens is 262 g/mol. The van der Waals surface area contributed by atoms with E-state index in [1.54, 1.807) is 36.5 Å². The summed E-state index contributed by atoms with van der Waals surface area (Å²) in [7, 11) is -1.81. The second kappa shape index (κ2) is 8.47. The third kappa shape index (κ3) is 5.34. The van der Waals surface area contributed by atoms with Crippen molar-refractivity contribution in [2.45, 2.75) is 0 Å². The van der Waals surface area contributed by atoms with Crippen LogP contribution in [0.4, 0.5) is 0 Å². The fourth-order valence-corrected chi connectivity index (χ4v) is 1.12. The van der Waals surface area contributed by atoms with Crippen molar-refractivity contribution in [3.63, 3.8) is 0 Å². The quantitative estimate of drug-likeness (QED) is 0.631. The van der Waals surface area contributed by atoms with Crippen LogP contribution in [-0.2, 0) is 27.9 Å². The molecule has 0 N–H and O–H groups in total. The Morgan fingerprint density at radius 1 is 0.350 bits per heavy atom. The molecule has 0 amide bonds. The second-order valence-corrected chi connectivity index (χ2v) is 3.37. The molecule has 0 aromatic rings. The molecule has 6 nitrogen and oxygen atoms in total. The predicted molar refractivity (Wildman–Crippen MR) is 72.9 cm³/mol. The molecule has 8 heteroatoms. The monoisotopic (exact) mass is 274 g/mol. The summed E-state index contributed by atoms with van der Waals surface area (Å²) in [5, 5.41) is 0. The van der Waals surface area contributed by atoms with Crippen LogP contribution < -0.4 is 0 Å². The van der Waals surface area contributed by atoms with E-state index in [-0.39, 0.29) is 0 Å². The maximum atomic E-state index is 5.23. The van der Waals surface area contributed by atoms with Crippen LogP contribution in [0.15, 0.2) is 74.0 Å². The van der Waals surface area contributed by atoms with Gasteiger partial charge in [0.25, 0.3) is 0 Å². The number of fused-ring (bicyclic) bond motifs is 9. The molecule has 0 spiro atoms. The van der Waals surface area contributed by atoms with Crippen LogP contribution in [0.25, 0.3) is 0 Å². The standard InChI is InChI=1S/C12H12B2O6/c1-2-8-16-14-19-11-5-3-9-17-13(15-7-1)18-10-4-6-12-20-14/h1-12H/b7-1-,8-2-,9-3+,10-4?,11-5+,12-6?. The van der Waals surface area contributed by atoms with Gasteiger partial charge in [-0.3, -0.25) is 0 Å². The molecule has 0 fully saturated rings. The highest BCUT2D eigenvalue weighted by Crippen LogP contribution is 2.01. The lowest BCUT2D eigenvalue weighted by molar-refractivity contribution is 0.219. The van der Waals surface area contributed by atoms with E-state index in [2.05, 4.69) is 0 Å². The average Bonchev–Trinajstić information content (AvgIpc) is 2.47. The lowest BCUT2D eigenvalue weighted by Gasteiger charge is -2.10. The van der Waals surface area contributed by atoms with Crippen molar-refractivity contribution < 1.29 is 27.9 Å². The van der Waals surface area contributed by atoms with Crippen molar-refractivity contribution in [2.24, 2.45) is 0 Å². The normalized spacial score (nSPS) is 24.4. The summed E-state index contributed by atoms with van der Waals surface area (Å²) in [6, 6.07) is 0. The Morgan fingerprint density at radius 3 is 0.750 bits per heavy atom. The Bertz CT molecular complexity index is 346. The minimum Gasteiger partial charge on any atom is -0.496 e. The van der Waals surface area contributed by atoms with E-state index in [1.165, 1.54) is 37.6 Å². The fraction of sp³-hybridized carbons (Fsp3) is 0. The van der Waals surface area contributed by atoms with Gasteiger partial charge in [0, 0.05) is 0 Å². The van der Waals surface area contributed by atoms with Gasteiger partial charge in [-0.1, -0.05) is 0 Å². The Hall–Kier alpha value is -2.63. The highest BCUT2D eigenvalue weighted by Gasteiger charge is 2.25. The molecule has 20 heavy (non-hydrogen) atoms. The van der Waals surface area contributed by atoms with Crippen LogP contribution >= 0.6 is 0 Å². The van der Waals surface area contributed by atoms with Crippen LogP contribution in [0, 0.1) is 0 Å². The van der Waals surface area contributed by atoms with Crippen LogP contribution in [0.5, 0.6) is 0 Å². The third-order valence-corrected chi connectivity index (χ3v) is 1.94. The Balaban J connectivity index is 2.18. The maximum Gasteiger partial charge on any atom is 0.862 e. The van der Waals surface area contributed by atoms with Crippen LogP contribution in [-0.4, -0.2) is 14.6 Å². The average molecular weight is 274 g/mol. The van der Waals surface area contributed by atoms with Gasteiger partial charge in [-0.2, -0.15) is 0 Å². The first-order valence-corrected chi connectivity index (χ1v) is 5.83. The van der Waals surface area contributed by atoms with E-state index < -0.39 is 14.6 Å². The minimum atomic E-state index is -0.907. The van der Waals surface area contributed by atoms with Gasteiger partial charge in [0.2, 0.25) is 0 Å². The number of hydrogen-bond acceptors (Lipinski definition) is 6. The number of rotatable bonds is 0. The molecule has 0 saturated carbocycles. The Labute approximate surface area is 117 Å². The van der Waals surface area contributed by atoms with Crippen LogP contribution in [0.2, 0.25) is 0 Å². The molecule has 0 saturated heterocycles. The fourth-order valence-electron chi connectivity index (χ4n) is 1.12. The van der Waals surface area contributed by atoms with Crippen molar-refractivity contribution >= 4 is 14.6 Å². The maximum absolute atomic E-state index is 5.23. The van der Waals surface area contributed by atoms with E-state index in [0.717, 1.165) is 0 Å². The molecule has 3 aliphatic heterocycles. The molecule has 3 rings (SSSR count). The smallest absolute Gasteiger partial charge is 0.496 e. The Kier molecular flexibility index (Phi) is 5.84. The first-order valence-electron chi connectivity index (χ1n) is 5.83. The molecule has 0 aromatic heterocycles. The van der Waals surface area contributed by atoms with Crippen molar-refractivity contribution in [2.75, 3.05) is 0 Å². The summed E-state index contributed by atoms with van der Waals surface area (Å²) < 4.78 is 31.4. The van der Waals surface area contributed by atoms with E-state index in [4.69, 9.17) is 27.9 Å². The molecular formula is C12H12B2O6. The van der Waals surface area contributed by atoms with Gasteiger partial charge in [-0.15, -0.1) is 0 Å². The van der Waals surface area contributed by atoms with Crippen LogP contribution in [0.3, 0.4) is 0 Å². The highest BCUT2D eigenvalue weighted by atomic mass is 16.7. The first-order chi connectivity index (χ1) is 9.95.